The summed E-state index contributed by atoms with van der Waals surface area (Å²) >= 11 is 0. The molecule has 1 atom stereocenters. The van der Waals surface area contributed by atoms with Gasteiger partial charge in [-0.2, -0.15) is 0 Å². The molecule has 0 spiro atoms. The molecular weight excluding hydrogens is 194 g/mol. The summed E-state index contributed by atoms with van der Waals surface area (Å²) in [6, 6.07) is 6.68. The molecule has 16 heavy (non-hydrogen) atoms. The van der Waals surface area contributed by atoms with Crippen LogP contribution in [0.2, 0.25) is 0 Å². The number of nitrogens with two attached hydrogens (primary N) is 1. The predicted molar refractivity (Wildman–Crippen MR) is 71.7 cm³/mol. The minimum atomic E-state index is -0.0678. The summed E-state index contributed by atoms with van der Waals surface area (Å²) in [5, 5.41) is 0. The van der Waals surface area contributed by atoms with Crippen molar-refractivity contribution in [2.45, 2.75) is 53.0 Å². The molecule has 0 heterocycles. The zero-order chi connectivity index (χ0) is 12.3. The van der Waals surface area contributed by atoms with Crippen LogP contribution in [0.1, 0.15) is 43.9 Å². The first-order chi connectivity index (χ1) is 7.39. The van der Waals surface area contributed by atoms with Crippen LogP contribution in [-0.4, -0.2) is 5.54 Å². The quantitative estimate of drug-likeness (QED) is 0.822. The lowest BCUT2D eigenvalue weighted by Gasteiger charge is -2.33. The topological polar surface area (TPSA) is 26.0 Å². The fourth-order valence-corrected chi connectivity index (χ4v) is 2.03. The van der Waals surface area contributed by atoms with Crippen molar-refractivity contribution in [3.05, 3.63) is 34.9 Å². The maximum Gasteiger partial charge on any atom is 0.0215 e. The molecule has 0 aliphatic rings. The molecule has 0 bridgehead atoms. The molecule has 2 N–H and O–H groups in total. The minimum Gasteiger partial charge on any atom is -0.325 e. The SMILES string of the molecule is CCC(N)(Cc1ccc(C)c(C)c1)C(C)C. The second kappa shape index (κ2) is 5.01. The van der Waals surface area contributed by atoms with Crippen molar-refractivity contribution in [2.75, 3.05) is 0 Å². The van der Waals surface area contributed by atoms with Gasteiger partial charge in [0.1, 0.15) is 0 Å². The van der Waals surface area contributed by atoms with Crippen molar-refractivity contribution >= 4 is 0 Å². The molecular formula is C15H25N. The fourth-order valence-electron chi connectivity index (χ4n) is 2.03. The smallest absolute Gasteiger partial charge is 0.0215 e. The van der Waals surface area contributed by atoms with Gasteiger partial charge in [-0.25, -0.2) is 0 Å². The number of benzene rings is 1. The lowest BCUT2D eigenvalue weighted by atomic mass is 9.79. The van der Waals surface area contributed by atoms with Crippen molar-refractivity contribution in [1.82, 2.24) is 0 Å². The summed E-state index contributed by atoms with van der Waals surface area (Å²) in [6.07, 6.45) is 2.00. The Hall–Kier alpha value is -0.820. The minimum absolute atomic E-state index is 0.0678. The Labute approximate surface area is 100 Å². The van der Waals surface area contributed by atoms with E-state index in [0.717, 1.165) is 12.8 Å². The molecule has 0 aromatic heterocycles. The van der Waals surface area contributed by atoms with Crippen molar-refractivity contribution in [3.8, 4) is 0 Å². The largest absolute Gasteiger partial charge is 0.325 e. The fraction of sp³-hybridized carbons (Fsp3) is 0.600. The summed E-state index contributed by atoms with van der Waals surface area (Å²) in [6.45, 7) is 10.9. The average molecular weight is 219 g/mol. The Kier molecular flexibility index (Phi) is 4.15. The molecule has 1 aromatic carbocycles. The van der Waals surface area contributed by atoms with Gasteiger partial charge in [-0.05, 0) is 49.3 Å². The van der Waals surface area contributed by atoms with Gasteiger partial charge in [0.2, 0.25) is 0 Å². The highest BCUT2D eigenvalue weighted by Crippen LogP contribution is 2.24. The van der Waals surface area contributed by atoms with Gasteiger partial charge in [-0.3, -0.25) is 0 Å². The maximum absolute atomic E-state index is 6.46. The van der Waals surface area contributed by atoms with Crippen LogP contribution in [0.5, 0.6) is 0 Å². The second-order valence-corrected chi connectivity index (χ2v) is 5.34. The van der Waals surface area contributed by atoms with Crippen LogP contribution in [0.25, 0.3) is 0 Å². The molecule has 1 aromatic rings. The van der Waals surface area contributed by atoms with Crippen LogP contribution < -0.4 is 5.73 Å². The summed E-state index contributed by atoms with van der Waals surface area (Å²) in [4.78, 5) is 0. The van der Waals surface area contributed by atoms with Gasteiger partial charge in [0.25, 0.3) is 0 Å². The lowest BCUT2D eigenvalue weighted by molar-refractivity contribution is 0.296. The van der Waals surface area contributed by atoms with Crippen molar-refractivity contribution in [1.29, 1.82) is 0 Å². The Morgan fingerprint density at radius 2 is 1.81 bits per heavy atom. The van der Waals surface area contributed by atoms with E-state index >= 15 is 0 Å². The molecule has 0 saturated carbocycles. The zero-order valence-electron chi connectivity index (χ0n) is 11.3. The molecule has 1 nitrogen and oxygen atoms in total. The highest BCUT2D eigenvalue weighted by Gasteiger charge is 2.27. The molecule has 90 valence electrons. The average Bonchev–Trinajstić information content (AvgIpc) is 2.23. The molecule has 0 aliphatic carbocycles. The standard InChI is InChI=1S/C15H25N/c1-6-15(16,11(2)3)10-14-8-7-12(4)13(5)9-14/h7-9,11H,6,10,16H2,1-5H3. The van der Waals surface area contributed by atoms with Gasteiger partial charge in [-0.15, -0.1) is 0 Å². The number of aryl methyl sites for hydroxylation is 2. The van der Waals surface area contributed by atoms with Gasteiger partial charge in [0.05, 0.1) is 0 Å². The third-order valence-corrected chi connectivity index (χ3v) is 3.91. The highest BCUT2D eigenvalue weighted by molar-refractivity contribution is 5.31. The van der Waals surface area contributed by atoms with E-state index < -0.39 is 0 Å². The summed E-state index contributed by atoms with van der Waals surface area (Å²) in [7, 11) is 0. The van der Waals surface area contributed by atoms with Crippen LogP contribution in [-0.2, 0) is 6.42 Å². The first-order valence-electron chi connectivity index (χ1n) is 6.24. The predicted octanol–water partition coefficient (Wildman–Crippen LogP) is 3.61. The zero-order valence-corrected chi connectivity index (χ0v) is 11.3. The van der Waals surface area contributed by atoms with E-state index in [9.17, 15) is 0 Å². The molecule has 0 radical (unpaired) electrons. The lowest BCUT2D eigenvalue weighted by Crippen LogP contribution is -2.46. The van der Waals surface area contributed by atoms with Crippen LogP contribution in [0.4, 0.5) is 0 Å². The molecule has 0 amide bonds. The maximum atomic E-state index is 6.46. The summed E-state index contributed by atoms with van der Waals surface area (Å²) in [5.74, 6) is 0.513. The third kappa shape index (κ3) is 2.85. The van der Waals surface area contributed by atoms with Crippen LogP contribution in [0.15, 0.2) is 18.2 Å². The molecule has 1 heteroatoms. The van der Waals surface area contributed by atoms with E-state index in [-0.39, 0.29) is 5.54 Å². The van der Waals surface area contributed by atoms with E-state index in [1.807, 2.05) is 0 Å². The van der Waals surface area contributed by atoms with Crippen molar-refractivity contribution in [3.63, 3.8) is 0 Å². The van der Waals surface area contributed by atoms with E-state index in [4.69, 9.17) is 5.73 Å². The third-order valence-electron chi connectivity index (χ3n) is 3.91. The number of hydrogen-bond donors (Lipinski definition) is 1. The number of hydrogen-bond acceptors (Lipinski definition) is 1. The molecule has 0 saturated heterocycles. The van der Waals surface area contributed by atoms with Crippen LogP contribution in [0, 0.1) is 19.8 Å². The molecule has 0 fully saturated rings. The van der Waals surface area contributed by atoms with Gasteiger partial charge in [-0.1, -0.05) is 39.0 Å². The Bertz CT molecular complexity index is 354. The summed E-state index contributed by atoms with van der Waals surface area (Å²) < 4.78 is 0. The molecule has 0 aliphatic heterocycles. The normalized spacial score (nSPS) is 15.2. The van der Waals surface area contributed by atoms with Crippen LogP contribution in [0.3, 0.4) is 0 Å². The second-order valence-electron chi connectivity index (χ2n) is 5.34. The first kappa shape index (κ1) is 13.2. The Morgan fingerprint density at radius 3 is 2.25 bits per heavy atom. The van der Waals surface area contributed by atoms with Gasteiger partial charge < -0.3 is 5.73 Å². The van der Waals surface area contributed by atoms with Gasteiger partial charge >= 0.3 is 0 Å². The van der Waals surface area contributed by atoms with Crippen molar-refractivity contribution < 1.29 is 0 Å². The Balaban J connectivity index is 2.90. The highest BCUT2D eigenvalue weighted by atomic mass is 14.7. The van der Waals surface area contributed by atoms with Gasteiger partial charge in [0, 0.05) is 5.54 Å². The van der Waals surface area contributed by atoms with E-state index in [2.05, 4.69) is 52.8 Å². The molecule has 1 unspecified atom stereocenters. The van der Waals surface area contributed by atoms with E-state index in [0.29, 0.717) is 5.92 Å². The van der Waals surface area contributed by atoms with Crippen molar-refractivity contribution in [2.24, 2.45) is 11.7 Å². The van der Waals surface area contributed by atoms with Gasteiger partial charge in [0.15, 0.2) is 0 Å². The van der Waals surface area contributed by atoms with E-state index in [1.165, 1.54) is 16.7 Å². The number of rotatable bonds is 4. The Morgan fingerprint density at radius 1 is 1.19 bits per heavy atom. The first-order valence-corrected chi connectivity index (χ1v) is 6.24. The monoisotopic (exact) mass is 219 g/mol. The molecule has 1 rings (SSSR count). The van der Waals surface area contributed by atoms with E-state index in [1.54, 1.807) is 0 Å². The summed E-state index contributed by atoms with van der Waals surface area (Å²) in [5.41, 5.74) is 10.5. The van der Waals surface area contributed by atoms with Crippen LogP contribution >= 0.6 is 0 Å².